The average Bonchev–Trinajstić information content (AvgIpc) is 2.81. The van der Waals surface area contributed by atoms with Gasteiger partial charge in [0.05, 0.1) is 5.60 Å². The molecule has 34 heavy (non-hydrogen) atoms. The highest BCUT2D eigenvalue weighted by molar-refractivity contribution is 6.74. The van der Waals surface area contributed by atoms with Gasteiger partial charge in [-0.25, -0.2) is 0 Å². The van der Waals surface area contributed by atoms with Crippen LogP contribution in [0.2, 0.25) is 18.1 Å². The summed E-state index contributed by atoms with van der Waals surface area (Å²) in [7, 11) is -1.85. The fourth-order valence-corrected chi connectivity index (χ4v) is 6.11. The van der Waals surface area contributed by atoms with E-state index < -0.39 is 13.9 Å². The average molecular weight is 478 g/mol. The molecule has 1 fully saturated rings. The molecule has 0 amide bonds. The first-order valence-electron chi connectivity index (χ1n) is 13.0. The smallest absolute Gasteiger partial charge is 0.250 e. The lowest BCUT2D eigenvalue weighted by molar-refractivity contribution is -0.0289. The molecule has 2 aromatic rings. The van der Waals surface area contributed by atoms with Crippen molar-refractivity contribution < 1.29 is 9.53 Å². The van der Waals surface area contributed by atoms with Crippen molar-refractivity contribution in [3.8, 4) is 5.75 Å². The quantitative estimate of drug-likeness (QED) is 0.445. The van der Waals surface area contributed by atoms with E-state index in [-0.39, 0.29) is 5.04 Å². The van der Waals surface area contributed by atoms with Gasteiger partial charge >= 0.3 is 0 Å². The van der Waals surface area contributed by atoms with Gasteiger partial charge in [0.15, 0.2) is 0 Å². The Kier molecular flexibility index (Phi) is 7.42. The van der Waals surface area contributed by atoms with Gasteiger partial charge in [0.1, 0.15) is 5.75 Å². The molecule has 2 aromatic carbocycles. The molecule has 1 saturated heterocycles. The normalized spacial score (nSPS) is 21.7. The van der Waals surface area contributed by atoms with E-state index in [1.807, 2.05) is 0 Å². The molecule has 2 aliphatic rings. The molecule has 3 nitrogen and oxygen atoms in total. The number of hydrogen-bond acceptors (Lipinski definition) is 3. The van der Waals surface area contributed by atoms with Crippen LogP contribution >= 0.6 is 0 Å². The lowest BCUT2D eigenvalue weighted by atomic mass is 9.82. The Morgan fingerprint density at radius 3 is 2.26 bits per heavy atom. The van der Waals surface area contributed by atoms with Crippen LogP contribution in [0.15, 0.2) is 60.7 Å². The minimum absolute atomic E-state index is 0.173. The minimum Gasteiger partial charge on any atom is -0.544 e. The molecule has 4 rings (SSSR count). The van der Waals surface area contributed by atoms with Crippen LogP contribution in [0.4, 0.5) is 0 Å². The van der Waals surface area contributed by atoms with Crippen molar-refractivity contribution >= 4 is 13.9 Å². The van der Waals surface area contributed by atoms with Crippen LogP contribution in [0.3, 0.4) is 0 Å². The second kappa shape index (κ2) is 10.0. The first kappa shape index (κ1) is 25.2. The van der Waals surface area contributed by atoms with Gasteiger partial charge in [-0.3, -0.25) is 0 Å². The summed E-state index contributed by atoms with van der Waals surface area (Å²) in [5, 5.41) is 11.6. The molecular formula is C30H43NO2Si. The van der Waals surface area contributed by atoms with Crippen molar-refractivity contribution in [2.45, 2.75) is 76.6 Å². The molecule has 1 atom stereocenters. The maximum Gasteiger partial charge on any atom is 0.250 e. The monoisotopic (exact) mass is 477 g/mol. The van der Waals surface area contributed by atoms with E-state index in [2.05, 4.69) is 99.4 Å². The van der Waals surface area contributed by atoms with Gasteiger partial charge in [-0.15, -0.1) is 0 Å². The molecule has 4 heteroatoms. The van der Waals surface area contributed by atoms with Crippen molar-refractivity contribution in [3.63, 3.8) is 0 Å². The van der Waals surface area contributed by atoms with E-state index in [4.69, 9.17) is 4.43 Å². The van der Waals surface area contributed by atoms with Crippen LogP contribution in [0, 0.1) is 5.92 Å². The van der Waals surface area contributed by atoms with Gasteiger partial charge in [0, 0.05) is 19.6 Å². The van der Waals surface area contributed by atoms with Gasteiger partial charge in [-0.2, -0.15) is 0 Å². The molecule has 0 bridgehead atoms. The predicted octanol–water partition coefficient (Wildman–Crippen LogP) is 7.24. The van der Waals surface area contributed by atoms with Crippen LogP contribution < -0.4 is 4.43 Å². The highest BCUT2D eigenvalue weighted by Gasteiger charge is 2.39. The third kappa shape index (κ3) is 5.84. The topological polar surface area (TPSA) is 32.7 Å². The van der Waals surface area contributed by atoms with Crippen molar-refractivity contribution in [1.29, 1.82) is 0 Å². The summed E-state index contributed by atoms with van der Waals surface area (Å²) in [5.74, 6) is 1.63. The predicted molar refractivity (Wildman–Crippen MR) is 146 cm³/mol. The molecule has 1 N–H and O–H groups in total. The van der Waals surface area contributed by atoms with Gasteiger partial charge in [-0.05, 0) is 85.0 Å². The Morgan fingerprint density at radius 2 is 1.65 bits per heavy atom. The molecule has 1 heterocycles. The number of rotatable bonds is 6. The summed E-state index contributed by atoms with van der Waals surface area (Å²) in [5.41, 5.74) is 3.18. The molecule has 184 valence electrons. The van der Waals surface area contributed by atoms with Crippen LogP contribution in [0.25, 0.3) is 5.57 Å². The largest absolute Gasteiger partial charge is 0.544 e. The summed E-state index contributed by atoms with van der Waals surface area (Å²) in [4.78, 5) is 2.57. The van der Waals surface area contributed by atoms with Crippen molar-refractivity contribution in [2.75, 3.05) is 19.6 Å². The zero-order valence-electron chi connectivity index (χ0n) is 21.8. The number of hydrogen-bond donors (Lipinski definition) is 1. The number of benzene rings is 2. The molecule has 0 aromatic heterocycles. The van der Waals surface area contributed by atoms with Crippen LogP contribution in [0.1, 0.15) is 64.0 Å². The van der Waals surface area contributed by atoms with E-state index in [1.165, 1.54) is 30.4 Å². The zero-order chi connectivity index (χ0) is 24.4. The minimum atomic E-state index is -1.85. The Balaban J connectivity index is 1.31. The van der Waals surface area contributed by atoms with Crippen LogP contribution in [-0.2, 0) is 5.60 Å². The second-order valence-electron chi connectivity index (χ2n) is 12.0. The third-order valence-electron chi connectivity index (χ3n) is 8.39. The standard InChI is InChI=1S/C30H43NO2Si/c1-29(2,3)34(4,5)33-28-16-14-27(15-17-28)30(32)18-20-31(21-19-30)23-24-10-9-13-26(22-24)25-11-7-6-8-12-25/h6-8,11-17,24,32H,9-10,18-23H2,1-5H3/t24-/m1/s1. The van der Waals surface area contributed by atoms with E-state index in [0.717, 1.165) is 43.8 Å². The highest BCUT2D eigenvalue weighted by Crippen LogP contribution is 2.39. The Labute approximate surface area is 208 Å². The molecule has 1 aliphatic heterocycles. The Morgan fingerprint density at radius 1 is 1.00 bits per heavy atom. The first-order valence-corrected chi connectivity index (χ1v) is 16.0. The second-order valence-corrected chi connectivity index (χ2v) is 16.7. The number of allylic oxidation sites excluding steroid dienone is 2. The first-order chi connectivity index (χ1) is 16.1. The fraction of sp³-hybridized carbons (Fsp3) is 0.533. The lowest BCUT2D eigenvalue weighted by Crippen LogP contribution is -2.44. The fourth-order valence-electron chi connectivity index (χ4n) is 5.07. The number of nitrogens with zero attached hydrogens (tertiary/aromatic N) is 1. The van der Waals surface area contributed by atoms with Crippen molar-refractivity contribution in [1.82, 2.24) is 4.90 Å². The van der Waals surface area contributed by atoms with Crippen molar-refractivity contribution in [3.05, 3.63) is 71.8 Å². The molecule has 0 saturated carbocycles. The summed E-state index contributed by atoms with van der Waals surface area (Å²) >= 11 is 0. The van der Waals surface area contributed by atoms with Gasteiger partial charge in [0.25, 0.3) is 0 Å². The summed E-state index contributed by atoms with van der Waals surface area (Å²) in [6.07, 6.45) is 7.63. The van der Waals surface area contributed by atoms with Crippen LogP contribution in [0.5, 0.6) is 5.75 Å². The SMILES string of the molecule is CC(C)(C)[Si](C)(C)Oc1ccc(C2(O)CCN(C[C@@H]3CCC=C(c4ccccc4)C3)CC2)cc1. The summed E-state index contributed by atoms with van der Waals surface area (Å²) in [6.45, 7) is 14.4. The van der Waals surface area contributed by atoms with Crippen LogP contribution in [-0.4, -0.2) is 38.0 Å². The Hall–Kier alpha value is -1.88. The van der Waals surface area contributed by atoms with E-state index in [9.17, 15) is 5.11 Å². The highest BCUT2D eigenvalue weighted by atomic mass is 28.4. The van der Waals surface area contributed by atoms with E-state index in [1.54, 1.807) is 0 Å². The summed E-state index contributed by atoms with van der Waals surface area (Å²) in [6, 6.07) is 19.1. The van der Waals surface area contributed by atoms with Crippen molar-refractivity contribution in [2.24, 2.45) is 5.92 Å². The van der Waals surface area contributed by atoms with Gasteiger partial charge in [-0.1, -0.05) is 69.3 Å². The van der Waals surface area contributed by atoms with Gasteiger partial charge in [0.2, 0.25) is 8.32 Å². The molecule has 0 spiro atoms. The van der Waals surface area contributed by atoms with E-state index >= 15 is 0 Å². The maximum absolute atomic E-state index is 11.4. The molecule has 0 unspecified atom stereocenters. The third-order valence-corrected chi connectivity index (χ3v) is 12.7. The van der Waals surface area contributed by atoms with Gasteiger partial charge < -0.3 is 14.4 Å². The number of likely N-dealkylation sites (tertiary alicyclic amines) is 1. The number of aliphatic hydroxyl groups is 1. The number of piperidine rings is 1. The maximum atomic E-state index is 11.4. The lowest BCUT2D eigenvalue weighted by Gasteiger charge is -2.40. The van der Waals surface area contributed by atoms with E-state index in [0.29, 0.717) is 5.92 Å². The zero-order valence-corrected chi connectivity index (χ0v) is 22.8. The molecule has 0 radical (unpaired) electrons. The Bertz CT molecular complexity index is 967. The molecular weight excluding hydrogens is 434 g/mol. The summed E-state index contributed by atoms with van der Waals surface area (Å²) < 4.78 is 6.43. The molecule has 1 aliphatic carbocycles.